The molecule has 1 heterocycles. The van der Waals surface area contributed by atoms with Crippen molar-refractivity contribution in [3.63, 3.8) is 0 Å². The van der Waals surface area contributed by atoms with Crippen molar-refractivity contribution in [2.45, 2.75) is 57.0 Å². The van der Waals surface area contributed by atoms with Gasteiger partial charge in [-0.3, -0.25) is 4.68 Å². The third kappa shape index (κ3) is 3.84. The fourth-order valence-electron chi connectivity index (χ4n) is 2.92. The van der Waals surface area contributed by atoms with E-state index in [0.717, 1.165) is 38.8 Å². The summed E-state index contributed by atoms with van der Waals surface area (Å²) in [5, 5.41) is 7.37. The lowest BCUT2D eigenvalue weighted by atomic mass is 10.2. The van der Waals surface area contributed by atoms with Crippen molar-refractivity contribution >= 4 is 10.0 Å². The standard InChI is InChI=1S/C14H26N4O2S/c1-3-15-9-10-17-12-14(11-16-17)21(19,20)18(4-2)13-7-5-6-8-13/h11-13,15H,3-10H2,1-2H3. The predicted molar refractivity (Wildman–Crippen MR) is 82.6 cm³/mol. The monoisotopic (exact) mass is 314 g/mol. The van der Waals surface area contributed by atoms with Crippen LogP contribution in [0.25, 0.3) is 0 Å². The Labute approximate surface area is 127 Å². The van der Waals surface area contributed by atoms with Crippen LogP contribution in [0.5, 0.6) is 0 Å². The van der Waals surface area contributed by atoms with Crippen molar-refractivity contribution < 1.29 is 8.42 Å². The van der Waals surface area contributed by atoms with Gasteiger partial charge in [-0.05, 0) is 19.4 Å². The van der Waals surface area contributed by atoms with Crippen molar-refractivity contribution in [1.29, 1.82) is 0 Å². The molecule has 0 saturated heterocycles. The molecular formula is C14H26N4O2S. The first kappa shape index (κ1) is 16.5. The Morgan fingerprint density at radius 1 is 1.38 bits per heavy atom. The summed E-state index contributed by atoms with van der Waals surface area (Å²) in [6.07, 6.45) is 7.31. The van der Waals surface area contributed by atoms with Crippen LogP contribution in [-0.2, 0) is 16.6 Å². The smallest absolute Gasteiger partial charge is 0.246 e. The summed E-state index contributed by atoms with van der Waals surface area (Å²) in [5.41, 5.74) is 0. The van der Waals surface area contributed by atoms with Crippen LogP contribution in [0, 0.1) is 0 Å². The summed E-state index contributed by atoms with van der Waals surface area (Å²) in [6.45, 7) is 6.84. The fraction of sp³-hybridized carbons (Fsp3) is 0.786. The molecule has 0 unspecified atom stereocenters. The molecule has 0 bridgehead atoms. The van der Waals surface area contributed by atoms with Crippen LogP contribution in [0.15, 0.2) is 17.3 Å². The topological polar surface area (TPSA) is 67.2 Å². The Morgan fingerprint density at radius 3 is 2.71 bits per heavy atom. The van der Waals surface area contributed by atoms with E-state index in [1.807, 2.05) is 13.8 Å². The highest BCUT2D eigenvalue weighted by molar-refractivity contribution is 7.89. The van der Waals surface area contributed by atoms with Gasteiger partial charge < -0.3 is 5.32 Å². The fourth-order valence-corrected chi connectivity index (χ4v) is 4.57. The highest BCUT2D eigenvalue weighted by Crippen LogP contribution is 2.28. The van der Waals surface area contributed by atoms with Crippen molar-refractivity contribution in [1.82, 2.24) is 19.4 Å². The Hall–Kier alpha value is -0.920. The lowest BCUT2D eigenvalue weighted by Crippen LogP contribution is -2.38. The predicted octanol–water partition coefficient (Wildman–Crippen LogP) is 1.45. The van der Waals surface area contributed by atoms with Gasteiger partial charge in [-0.25, -0.2) is 8.42 Å². The van der Waals surface area contributed by atoms with Crippen LogP contribution < -0.4 is 5.32 Å². The van der Waals surface area contributed by atoms with Gasteiger partial charge in [0.25, 0.3) is 0 Å². The van der Waals surface area contributed by atoms with Crippen molar-refractivity contribution in [2.75, 3.05) is 19.6 Å². The van der Waals surface area contributed by atoms with Gasteiger partial charge in [-0.1, -0.05) is 26.7 Å². The minimum atomic E-state index is -3.41. The Kier molecular flexibility index (Phi) is 5.78. The molecule has 7 heteroatoms. The molecule has 1 aliphatic carbocycles. The van der Waals surface area contributed by atoms with E-state index < -0.39 is 10.0 Å². The van der Waals surface area contributed by atoms with Gasteiger partial charge in [0, 0.05) is 25.3 Å². The molecule has 6 nitrogen and oxygen atoms in total. The Balaban J connectivity index is 2.10. The second-order valence-corrected chi connectivity index (χ2v) is 7.33. The number of nitrogens with one attached hydrogen (secondary N) is 1. The van der Waals surface area contributed by atoms with E-state index in [0.29, 0.717) is 18.0 Å². The summed E-state index contributed by atoms with van der Waals surface area (Å²) < 4.78 is 28.8. The quantitative estimate of drug-likeness (QED) is 0.738. The summed E-state index contributed by atoms with van der Waals surface area (Å²) in [7, 11) is -3.41. The zero-order valence-corrected chi connectivity index (χ0v) is 13.8. The first-order valence-electron chi connectivity index (χ1n) is 7.84. The van der Waals surface area contributed by atoms with E-state index in [1.165, 1.54) is 6.20 Å². The average Bonchev–Trinajstić information content (AvgIpc) is 3.11. The van der Waals surface area contributed by atoms with Crippen LogP contribution in [0.4, 0.5) is 0 Å². The molecule has 0 aromatic carbocycles. The molecule has 1 aliphatic rings. The van der Waals surface area contributed by atoms with Crippen molar-refractivity contribution in [3.8, 4) is 0 Å². The summed E-state index contributed by atoms with van der Waals surface area (Å²) in [5.74, 6) is 0. The highest BCUT2D eigenvalue weighted by Gasteiger charge is 2.32. The normalized spacial score (nSPS) is 16.9. The Morgan fingerprint density at radius 2 is 2.10 bits per heavy atom. The third-order valence-electron chi connectivity index (χ3n) is 4.03. The Bertz CT molecular complexity index is 535. The SMILES string of the molecule is CCNCCn1cc(S(=O)(=O)N(CC)C2CCCC2)cn1. The molecular weight excluding hydrogens is 288 g/mol. The third-order valence-corrected chi connectivity index (χ3v) is 6.01. The maximum atomic E-state index is 12.8. The van der Waals surface area contributed by atoms with Crippen LogP contribution in [0.2, 0.25) is 0 Å². The van der Waals surface area contributed by atoms with E-state index in [2.05, 4.69) is 10.4 Å². The second-order valence-electron chi connectivity index (χ2n) is 5.44. The van der Waals surface area contributed by atoms with E-state index in [9.17, 15) is 8.42 Å². The molecule has 1 N–H and O–H groups in total. The van der Waals surface area contributed by atoms with Gasteiger partial charge in [-0.2, -0.15) is 9.40 Å². The van der Waals surface area contributed by atoms with Gasteiger partial charge in [0.2, 0.25) is 10.0 Å². The second kappa shape index (κ2) is 7.38. The highest BCUT2D eigenvalue weighted by atomic mass is 32.2. The van der Waals surface area contributed by atoms with Crippen LogP contribution in [0.3, 0.4) is 0 Å². The molecule has 0 atom stereocenters. The minimum absolute atomic E-state index is 0.158. The first-order valence-corrected chi connectivity index (χ1v) is 9.28. The molecule has 2 rings (SSSR count). The van der Waals surface area contributed by atoms with E-state index >= 15 is 0 Å². The number of sulfonamides is 1. The number of hydrogen-bond donors (Lipinski definition) is 1. The lowest BCUT2D eigenvalue weighted by Gasteiger charge is -2.25. The van der Waals surface area contributed by atoms with Crippen LogP contribution in [-0.4, -0.2) is 48.2 Å². The van der Waals surface area contributed by atoms with Gasteiger partial charge in [0.1, 0.15) is 4.90 Å². The maximum absolute atomic E-state index is 12.8. The molecule has 120 valence electrons. The zero-order valence-electron chi connectivity index (χ0n) is 13.0. The number of nitrogens with zero attached hydrogens (tertiary/aromatic N) is 3. The van der Waals surface area contributed by atoms with Gasteiger partial charge in [0.15, 0.2) is 0 Å². The molecule has 1 saturated carbocycles. The van der Waals surface area contributed by atoms with Gasteiger partial charge in [0.05, 0.1) is 12.7 Å². The number of rotatable bonds is 8. The number of likely N-dealkylation sites (N-methyl/N-ethyl adjacent to an activating group) is 1. The van der Waals surface area contributed by atoms with Crippen LogP contribution in [0.1, 0.15) is 39.5 Å². The van der Waals surface area contributed by atoms with Gasteiger partial charge in [-0.15, -0.1) is 0 Å². The average molecular weight is 314 g/mol. The zero-order chi connectivity index (χ0) is 15.3. The van der Waals surface area contributed by atoms with Gasteiger partial charge >= 0.3 is 0 Å². The van der Waals surface area contributed by atoms with E-state index in [4.69, 9.17) is 0 Å². The largest absolute Gasteiger partial charge is 0.315 e. The van der Waals surface area contributed by atoms with E-state index in [1.54, 1.807) is 15.2 Å². The number of aromatic nitrogens is 2. The summed E-state index contributed by atoms with van der Waals surface area (Å²) in [6, 6.07) is 0.158. The summed E-state index contributed by atoms with van der Waals surface area (Å²) >= 11 is 0. The van der Waals surface area contributed by atoms with Crippen molar-refractivity contribution in [2.24, 2.45) is 0 Å². The lowest BCUT2D eigenvalue weighted by molar-refractivity contribution is 0.335. The molecule has 0 amide bonds. The molecule has 0 aliphatic heterocycles. The van der Waals surface area contributed by atoms with Crippen molar-refractivity contribution in [3.05, 3.63) is 12.4 Å². The molecule has 21 heavy (non-hydrogen) atoms. The molecule has 1 aromatic heterocycles. The molecule has 0 spiro atoms. The molecule has 0 radical (unpaired) electrons. The number of hydrogen-bond acceptors (Lipinski definition) is 4. The maximum Gasteiger partial charge on any atom is 0.246 e. The minimum Gasteiger partial charge on any atom is -0.315 e. The van der Waals surface area contributed by atoms with Crippen LogP contribution >= 0.6 is 0 Å². The molecule has 1 aromatic rings. The van der Waals surface area contributed by atoms with E-state index in [-0.39, 0.29) is 6.04 Å². The molecule has 1 fully saturated rings. The summed E-state index contributed by atoms with van der Waals surface area (Å²) in [4.78, 5) is 0.313. The first-order chi connectivity index (χ1) is 10.1.